The fourth-order valence-corrected chi connectivity index (χ4v) is 2.99. The van der Waals surface area contributed by atoms with Crippen molar-refractivity contribution in [2.45, 2.75) is 65.0 Å². The molecule has 3 atom stereocenters. The highest BCUT2D eigenvalue weighted by Crippen LogP contribution is 2.33. The highest BCUT2D eigenvalue weighted by Gasteiger charge is 2.36. The molecule has 0 aromatic rings. The topological polar surface area (TPSA) is 75.3 Å². The minimum absolute atomic E-state index is 0.0241. The Morgan fingerprint density at radius 1 is 1.33 bits per heavy atom. The molecular formula is C14H30N2O2. The molecule has 1 rings (SSSR count). The number of carbonyl (C=O) groups excluding carboxylic acids is 1. The summed E-state index contributed by atoms with van der Waals surface area (Å²) in [6.07, 6.45) is 4.92. The SMILES string of the molecule is CCC(CC)C(NC(C)=O)C1CCCC1O.CN. The third-order valence-electron chi connectivity index (χ3n) is 3.92. The van der Waals surface area contributed by atoms with E-state index in [-0.39, 0.29) is 24.0 Å². The monoisotopic (exact) mass is 258 g/mol. The summed E-state index contributed by atoms with van der Waals surface area (Å²) in [7, 11) is 1.50. The molecule has 0 spiro atoms. The predicted octanol–water partition coefficient (Wildman–Crippen LogP) is 1.66. The van der Waals surface area contributed by atoms with E-state index in [9.17, 15) is 9.90 Å². The molecule has 1 saturated carbocycles. The molecule has 1 aliphatic rings. The van der Waals surface area contributed by atoms with E-state index in [0.29, 0.717) is 5.92 Å². The van der Waals surface area contributed by atoms with Gasteiger partial charge in [-0.1, -0.05) is 33.1 Å². The van der Waals surface area contributed by atoms with Gasteiger partial charge in [-0.3, -0.25) is 4.79 Å². The second kappa shape index (κ2) is 9.34. The number of hydrogen-bond donors (Lipinski definition) is 3. The first-order valence-electron chi connectivity index (χ1n) is 7.13. The molecule has 108 valence electrons. The summed E-state index contributed by atoms with van der Waals surface area (Å²) < 4.78 is 0. The van der Waals surface area contributed by atoms with Crippen molar-refractivity contribution in [3.8, 4) is 0 Å². The van der Waals surface area contributed by atoms with Gasteiger partial charge >= 0.3 is 0 Å². The standard InChI is InChI=1S/C13H25NO2.CH5N/c1-4-10(5-2)13(14-9(3)15)11-7-6-8-12(11)16;1-2/h10-13,16H,4-8H2,1-3H3,(H,14,15);2H2,1H3. The van der Waals surface area contributed by atoms with Crippen molar-refractivity contribution in [2.75, 3.05) is 7.05 Å². The Bertz CT molecular complexity index is 230. The van der Waals surface area contributed by atoms with Gasteiger partial charge in [-0.2, -0.15) is 0 Å². The summed E-state index contributed by atoms with van der Waals surface area (Å²) in [5, 5.41) is 13.0. The summed E-state index contributed by atoms with van der Waals surface area (Å²) in [4.78, 5) is 11.3. The lowest BCUT2D eigenvalue weighted by Gasteiger charge is -2.33. The number of nitrogens with two attached hydrogens (primary N) is 1. The van der Waals surface area contributed by atoms with Gasteiger partial charge in [0.1, 0.15) is 0 Å². The lowest BCUT2D eigenvalue weighted by atomic mass is 9.83. The molecule has 1 fully saturated rings. The van der Waals surface area contributed by atoms with Crippen LogP contribution in [0.25, 0.3) is 0 Å². The lowest BCUT2D eigenvalue weighted by Crippen LogP contribution is -2.46. The van der Waals surface area contributed by atoms with Crippen molar-refractivity contribution < 1.29 is 9.90 Å². The van der Waals surface area contributed by atoms with Crippen LogP contribution in [0.2, 0.25) is 0 Å². The van der Waals surface area contributed by atoms with Crippen molar-refractivity contribution >= 4 is 5.91 Å². The smallest absolute Gasteiger partial charge is 0.217 e. The van der Waals surface area contributed by atoms with Crippen LogP contribution in [0.3, 0.4) is 0 Å². The van der Waals surface area contributed by atoms with Crippen molar-refractivity contribution in [3.05, 3.63) is 0 Å². The van der Waals surface area contributed by atoms with E-state index in [1.54, 1.807) is 6.92 Å². The molecular weight excluding hydrogens is 228 g/mol. The molecule has 0 aromatic carbocycles. The van der Waals surface area contributed by atoms with Gasteiger partial charge in [0, 0.05) is 18.9 Å². The molecule has 4 N–H and O–H groups in total. The minimum atomic E-state index is -0.225. The van der Waals surface area contributed by atoms with Crippen LogP contribution in [-0.4, -0.2) is 30.2 Å². The van der Waals surface area contributed by atoms with Crippen molar-refractivity contribution in [1.82, 2.24) is 5.32 Å². The Kier molecular flexibility index (Phi) is 9.02. The van der Waals surface area contributed by atoms with Gasteiger partial charge in [0.05, 0.1) is 6.10 Å². The maximum atomic E-state index is 11.3. The molecule has 0 saturated heterocycles. The Hall–Kier alpha value is -0.610. The minimum Gasteiger partial charge on any atom is -0.393 e. The summed E-state index contributed by atoms with van der Waals surface area (Å²) in [5.41, 5.74) is 4.50. The Morgan fingerprint density at radius 2 is 1.89 bits per heavy atom. The zero-order valence-corrected chi connectivity index (χ0v) is 12.3. The van der Waals surface area contributed by atoms with Crippen molar-refractivity contribution in [2.24, 2.45) is 17.6 Å². The summed E-state index contributed by atoms with van der Waals surface area (Å²) in [5.74, 6) is 0.770. The van der Waals surface area contributed by atoms with Crippen LogP contribution in [0.1, 0.15) is 52.9 Å². The average molecular weight is 258 g/mol. The highest BCUT2D eigenvalue weighted by atomic mass is 16.3. The van der Waals surface area contributed by atoms with E-state index in [0.717, 1.165) is 32.1 Å². The number of rotatable bonds is 5. The average Bonchev–Trinajstić information content (AvgIpc) is 2.77. The molecule has 1 amide bonds. The molecule has 0 heterocycles. The van der Waals surface area contributed by atoms with Gasteiger partial charge in [-0.15, -0.1) is 0 Å². The number of hydrogen-bond acceptors (Lipinski definition) is 3. The van der Waals surface area contributed by atoms with Crippen molar-refractivity contribution in [3.63, 3.8) is 0 Å². The van der Waals surface area contributed by atoms with Crippen LogP contribution in [-0.2, 0) is 4.79 Å². The Morgan fingerprint density at radius 3 is 2.22 bits per heavy atom. The highest BCUT2D eigenvalue weighted by molar-refractivity contribution is 5.73. The molecule has 4 heteroatoms. The maximum absolute atomic E-state index is 11.3. The van der Waals surface area contributed by atoms with E-state index < -0.39 is 0 Å². The van der Waals surface area contributed by atoms with E-state index in [1.165, 1.54) is 7.05 Å². The summed E-state index contributed by atoms with van der Waals surface area (Å²) in [6.45, 7) is 5.88. The number of carbonyl (C=O) groups is 1. The lowest BCUT2D eigenvalue weighted by molar-refractivity contribution is -0.120. The zero-order chi connectivity index (χ0) is 14.1. The van der Waals surface area contributed by atoms with Crippen molar-refractivity contribution in [1.29, 1.82) is 0 Å². The fraction of sp³-hybridized carbons (Fsp3) is 0.929. The van der Waals surface area contributed by atoms with E-state index in [4.69, 9.17) is 0 Å². The number of nitrogens with one attached hydrogen (secondary N) is 1. The molecule has 0 radical (unpaired) electrons. The van der Waals surface area contributed by atoms with Gasteiger partial charge < -0.3 is 16.2 Å². The van der Waals surface area contributed by atoms with Gasteiger partial charge in [0.25, 0.3) is 0 Å². The van der Waals surface area contributed by atoms with Gasteiger partial charge in [0.15, 0.2) is 0 Å². The Balaban J connectivity index is 0.00000137. The normalized spacial score (nSPS) is 24.4. The van der Waals surface area contributed by atoms with Crippen LogP contribution >= 0.6 is 0 Å². The molecule has 1 aliphatic carbocycles. The van der Waals surface area contributed by atoms with E-state index >= 15 is 0 Å². The predicted molar refractivity (Wildman–Crippen MR) is 75.1 cm³/mol. The van der Waals surface area contributed by atoms with Crippen LogP contribution in [0, 0.1) is 11.8 Å². The second-order valence-electron chi connectivity index (χ2n) is 4.96. The first-order valence-corrected chi connectivity index (χ1v) is 7.13. The third-order valence-corrected chi connectivity index (χ3v) is 3.92. The summed E-state index contributed by atoms with van der Waals surface area (Å²) in [6, 6.07) is 0.157. The van der Waals surface area contributed by atoms with E-state index in [2.05, 4.69) is 24.9 Å². The first-order chi connectivity index (χ1) is 8.60. The quantitative estimate of drug-likeness (QED) is 0.702. The number of amides is 1. The maximum Gasteiger partial charge on any atom is 0.217 e. The molecule has 18 heavy (non-hydrogen) atoms. The fourth-order valence-electron chi connectivity index (χ4n) is 2.99. The van der Waals surface area contributed by atoms with Crippen LogP contribution in [0.15, 0.2) is 0 Å². The van der Waals surface area contributed by atoms with Crippen LogP contribution < -0.4 is 11.1 Å². The second-order valence-corrected chi connectivity index (χ2v) is 4.96. The molecule has 4 nitrogen and oxygen atoms in total. The third kappa shape index (κ3) is 4.94. The van der Waals surface area contributed by atoms with Gasteiger partial charge in [-0.25, -0.2) is 0 Å². The number of aliphatic hydroxyl groups is 1. The largest absolute Gasteiger partial charge is 0.393 e. The zero-order valence-electron chi connectivity index (χ0n) is 12.3. The number of aliphatic hydroxyl groups excluding tert-OH is 1. The molecule has 0 aromatic heterocycles. The van der Waals surface area contributed by atoms with Gasteiger partial charge in [0.2, 0.25) is 5.91 Å². The van der Waals surface area contributed by atoms with Gasteiger partial charge in [-0.05, 0) is 25.8 Å². The van der Waals surface area contributed by atoms with Crippen LogP contribution in [0.4, 0.5) is 0 Å². The molecule has 3 unspecified atom stereocenters. The Labute approximate surface area is 111 Å². The molecule has 0 bridgehead atoms. The molecule has 0 aliphatic heterocycles. The first kappa shape index (κ1) is 17.4. The van der Waals surface area contributed by atoms with Crippen LogP contribution in [0.5, 0.6) is 0 Å². The summed E-state index contributed by atoms with van der Waals surface area (Å²) >= 11 is 0. The van der Waals surface area contributed by atoms with E-state index in [1.807, 2.05) is 0 Å².